The van der Waals surface area contributed by atoms with E-state index >= 15 is 0 Å². The number of carbonyl (C=O) groups excluding carboxylic acids is 1. The summed E-state index contributed by atoms with van der Waals surface area (Å²) in [6.07, 6.45) is 2.50. The van der Waals surface area contributed by atoms with E-state index in [9.17, 15) is 4.79 Å². The Kier molecular flexibility index (Phi) is 4.72. The Morgan fingerprint density at radius 3 is 2.69 bits per heavy atom. The molecule has 0 radical (unpaired) electrons. The summed E-state index contributed by atoms with van der Waals surface area (Å²) in [5.74, 6) is 5.19. The van der Waals surface area contributed by atoms with Gasteiger partial charge in [-0.2, -0.15) is 0 Å². The fourth-order valence-electron chi connectivity index (χ4n) is 1.44. The third kappa shape index (κ3) is 2.93. The molecule has 0 saturated heterocycles. The van der Waals surface area contributed by atoms with Crippen LogP contribution >= 0.6 is 0 Å². The van der Waals surface area contributed by atoms with Crippen LogP contribution in [0.1, 0.15) is 30.8 Å². The Labute approximate surface area is 95.6 Å². The third-order valence-corrected chi connectivity index (χ3v) is 2.31. The predicted octanol–water partition coefficient (Wildman–Crippen LogP) is 1.24. The SMILES string of the molecule is CCCN(CC)C(=O)c1ccc(NN)cn1. The van der Waals surface area contributed by atoms with Gasteiger partial charge in [0.25, 0.3) is 5.91 Å². The van der Waals surface area contributed by atoms with Crippen LogP contribution in [-0.4, -0.2) is 28.9 Å². The topological polar surface area (TPSA) is 71.2 Å². The molecular weight excluding hydrogens is 204 g/mol. The average Bonchev–Trinajstić information content (AvgIpc) is 2.35. The van der Waals surface area contributed by atoms with Crippen LogP contribution in [0, 0.1) is 0 Å². The van der Waals surface area contributed by atoms with Crippen LogP contribution < -0.4 is 11.3 Å². The lowest BCUT2D eigenvalue weighted by Gasteiger charge is -2.19. The van der Waals surface area contributed by atoms with Crippen molar-refractivity contribution >= 4 is 11.6 Å². The fourth-order valence-corrected chi connectivity index (χ4v) is 1.44. The molecule has 0 saturated carbocycles. The van der Waals surface area contributed by atoms with Crippen molar-refractivity contribution in [3.63, 3.8) is 0 Å². The minimum absolute atomic E-state index is 0.0343. The van der Waals surface area contributed by atoms with Crippen molar-refractivity contribution in [1.82, 2.24) is 9.88 Å². The van der Waals surface area contributed by atoms with Crippen molar-refractivity contribution in [2.45, 2.75) is 20.3 Å². The first-order chi connectivity index (χ1) is 7.72. The minimum atomic E-state index is -0.0343. The van der Waals surface area contributed by atoms with Crippen LogP contribution in [0.5, 0.6) is 0 Å². The van der Waals surface area contributed by atoms with E-state index in [4.69, 9.17) is 5.84 Å². The van der Waals surface area contributed by atoms with E-state index in [0.717, 1.165) is 13.0 Å². The van der Waals surface area contributed by atoms with Gasteiger partial charge in [0.1, 0.15) is 5.69 Å². The van der Waals surface area contributed by atoms with Crippen molar-refractivity contribution in [3.05, 3.63) is 24.0 Å². The molecule has 1 aromatic heterocycles. The van der Waals surface area contributed by atoms with Crippen molar-refractivity contribution in [2.75, 3.05) is 18.5 Å². The Balaban J connectivity index is 2.78. The lowest BCUT2D eigenvalue weighted by Crippen LogP contribution is -2.32. The average molecular weight is 222 g/mol. The second kappa shape index (κ2) is 6.07. The molecule has 0 bridgehead atoms. The molecule has 1 rings (SSSR count). The Morgan fingerprint density at radius 1 is 1.50 bits per heavy atom. The van der Waals surface area contributed by atoms with Crippen molar-refractivity contribution < 1.29 is 4.79 Å². The number of hydrogen-bond donors (Lipinski definition) is 2. The molecule has 0 aliphatic heterocycles. The Hall–Kier alpha value is -1.62. The first-order valence-electron chi connectivity index (χ1n) is 5.44. The zero-order valence-electron chi connectivity index (χ0n) is 9.73. The van der Waals surface area contributed by atoms with Crippen LogP contribution in [-0.2, 0) is 0 Å². The number of aromatic nitrogens is 1. The lowest BCUT2D eigenvalue weighted by atomic mass is 10.3. The van der Waals surface area contributed by atoms with E-state index in [1.165, 1.54) is 0 Å². The van der Waals surface area contributed by atoms with E-state index in [2.05, 4.69) is 10.4 Å². The summed E-state index contributed by atoms with van der Waals surface area (Å²) < 4.78 is 0. The number of pyridine rings is 1. The number of nitrogens with two attached hydrogens (primary N) is 1. The Morgan fingerprint density at radius 2 is 2.25 bits per heavy atom. The van der Waals surface area contributed by atoms with Crippen LogP contribution in [0.2, 0.25) is 0 Å². The minimum Gasteiger partial charge on any atom is -0.338 e. The summed E-state index contributed by atoms with van der Waals surface area (Å²) in [4.78, 5) is 17.8. The summed E-state index contributed by atoms with van der Waals surface area (Å²) >= 11 is 0. The van der Waals surface area contributed by atoms with Gasteiger partial charge in [0.05, 0.1) is 11.9 Å². The number of anilines is 1. The summed E-state index contributed by atoms with van der Waals surface area (Å²) in [5.41, 5.74) is 3.62. The number of carbonyl (C=O) groups is 1. The number of amides is 1. The number of hydrogen-bond acceptors (Lipinski definition) is 4. The standard InChI is InChI=1S/C11H18N4O/c1-3-7-15(4-2)11(16)10-6-5-9(14-12)8-13-10/h5-6,8,14H,3-4,7,12H2,1-2H3. The van der Waals surface area contributed by atoms with Crippen LogP contribution in [0.3, 0.4) is 0 Å². The van der Waals surface area contributed by atoms with E-state index in [1.54, 1.807) is 23.2 Å². The van der Waals surface area contributed by atoms with E-state index in [0.29, 0.717) is 17.9 Å². The van der Waals surface area contributed by atoms with Crippen LogP contribution in [0.15, 0.2) is 18.3 Å². The molecule has 0 unspecified atom stereocenters. The van der Waals surface area contributed by atoms with Gasteiger partial charge in [-0.15, -0.1) is 0 Å². The summed E-state index contributed by atoms with van der Waals surface area (Å²) in [7, 11) is 0. The summed E-state index contributed by atoms with van der Waals surface area (Å²) in [6, 6.07) is 3.41. The molecule has 1 amide bonds. The van der Waals surface area contributed by atoms with Gasteiger partial charge in [-0.25, -0.2) is 4.98 Å². The molecule has 5 nitrogen and oxygen atoms in total. The molecule has 1 heterocycles. The van der Waals surface area contributed by atoms with Gasteiger partial charge in [0, 0.05) is 13.1 Å². The molecule has 0 atom stereocenters. The van der Waals surface area contributed by atoms with E-state index in [1.807, 2.05) is 13.8 Å². The maximum Gasteiger partial charge on any atom is 0.272 e. The van der Waals surface area contributed by atoms with Gasteiger partial charge in [-0.3, -0.25) is 10.6 Å². The molecule has 1 aromatic rings. The van der Waals surface area contributed by atoms with Crippen molar-refractivity contribution in [2.24, 2.45) is 5.84 Å². The molecule has 3 N–H and O–H groups in total. The Bertz CT molecular complexity index is 336. The summed E-state index contributed by atoms with van der Waals surface area (Å²) in [6.45, 7) is 5.47. The van der Waals surface area contributed by atoms with E-state index < -0.39 is 0 Å². The van der Waals surface area contributed by atoms with Gasteiger partial charge in [-0.1, -0.05) is 6.92 Å². The number of nitrogen functional groups attached to an aromatic ring is 1. The molecule has 16 heavy (non-hydrogen) atoms. The summed E-state index contributed by atoms with van der Waals surface area (Å²) in [5, 5.41) is 0. The van der Waals surface area contributed by atoms with Gasteiger partial charge in [-0.05, 0) is 25.5 Å². The molecular formula is C11H18N4O. The molecule has 88 valence electrons. The molecule has 0 aromatic carbocycles. The second-order valence-corrected chi connectivity index (χ2v) is 3.46. The zero-order chi connectivity index (χ0) is 12.0. The van der Waals surface area contributed by atoms with Crippen LogP contribution in [0.25, 0.3) is 0 Å². The quantitative estimate of drug-likeness (QED) is 0.581. The molecule has 0 spiro atoms. The number of nitrogens with zero attached hydrogens (tertiary/aromatic N) is 2. The maximum atomic E-state index is 12.0. The van der Waals surface area contributed by atoms with Gasteiger partial charge in [0.15, 0.2) is 0 Å². The monoisotopic (exact) mass is 222 g/mol. The fraction of sp³-hybridized carbons (Fsp3) is 0.455. The molecule has 0 aliphatic carbocycles. The largest absolute Gasteiger partial charge is 0.338 e. The maximum absolute atomic E-state index is 12.0. The highest BCUT2D eigenvalue weighted by Gasteiger charge is 2.13. The van der Waals surface area contributed by atoms with Crippen LogP contribution in [0.4, 0.5) is 5.69 Å². The lowest BCUT2D eigenvalue weighted by molar-refractivity contribution is 0.0758. The van der Waals surface area contributed by atoms with Crippen molar-refractivity contribution in [3.8, 4) is 0 Å². The van der Waals surface area contributed by atoms with Gasteiger partial charge in [0.2, 0.25) is 0 Å². The highest BCUT2D eigenvalue weighted by atomic mass is 16.2. The first-order valence-corrected chi connectivity index (χ1v) is 5.44. The van der Waals surface area contributed by atoms with Gasteiger partial charge >= 0.3 is 0 Å². The normalized spacial score (nSPS) is 9.94. The van der Waals surface area contributed by atoms with E-state index in [-0.39, 0.29) is 5.91 Å². The number of nitrogens with one attached hydrogen (secondary N) is 1. The smallest absolute Gasteiger partial charge is 0.272 e. The first kappa shape index (κ1) is 12.4. The van der Waals surface area contributed by atoms with Gasteiger partial charge < -0.3 is 10.3 Å². The second-order valence-electron chi connectivity index (χ2n) is 3.46. The molecule has 0 aliphatic rings. The predicted molar refractivity (Wildman–Crippen MR) is 63.9 cm³/mol. The number of rotatable bonds is 5. The number of hydrazine groups is 1. The molecule has 0 fully saturated rings. The zero-order valence-corrected chi connectivity index (χ0v) is 9.73. The van der Waals surface area contributed by atoms with Crippen molar-refractivity contribution in [1.29, 1.82) is 0 Å². The molecule has 5 heteroatoms. The third-order valence-electron chi connectivity index (χ3n) is 2.31. The highest BCUT2D eigenvalue weighted by molar-refractivity contribution is 5.92. The highest BCUT2D eigenvalue weighted by Crippen LogP contribution is 2.07.